The van der Waals surface area contributed by atoms with E-state index in [9.17, 15) is 4.79 Å². The Morgan fingerprint density at radius 2 is 2.20 bits per heavy atom. The Balaban J connectivity index is 2.52. The zero-order chi connectivity index (χ0) is 10.7. The lowest BCUT2D eigenvalue weighted by atomic mass is 10.1. The van der Waals surface area contributed by atoms with Gasteiger partial charge in [-0.1, -0.05) is 12.1 Å². The molecule has 1 aromatic heterocycles. The summed E-state index contributed by atoms with van der Waals surface area (Å²) in [7, 11) is 1.85. The highest BCUT2D eigenvalue weighted by atomic mass is 16.1. The third-order valence-corrected chi connectivity index (χ3v) is 2.09. The minimum absolute atomic E-state index is 0.648. The topological polar surface area (TPSA) is 59.8 Å². The van der Waals surface area contributed by atoms with Gasteiger partial charge in [-0.05, 0) is 12.1 Å². The number of nitrogens with one attached hydrogen (secondary N) is 1. The Morgan fingerprint density at radius 1 is 1.40 bits per heavy atom. The lowest BCUT2D eigenvalue weighted by Crippen LogP contribution is -1.99. The molecular formula is C10H10N4O. The van der Waals surface area contributed by atoms with Crippen LogP contribution in [-0.4, -0.2) is 21.2 Å². The number of para-hydroxylation sites is 1. The van der Waals surface area contributed by atoms with E-state index in [2.05, 4.69) is 15.5 Å². The maximum Gasteiger partial charge on any atom is 0.211 e. The fraction of sp³-hybridized carbons (Fsp3) is 0.100. The van der Waals surface area contributed by atoms with Crippen molar-refractivity contribution < 1.29 is 4.79 Å². The fourth-order valence-corrected chi connectivity index (χ4v) is 1.39. The van der Waals surface area contributed by atoms with E-state index in [-0.39, 0.29) is 0 Å². The molecule has 0 unspecified atom stereocenters. The lowest BCUT2D eigenvalue weighted by molar-refractivity contribution is -0.105. The van der Waals surface area contributed by atoms with Crippen LogP contribution >= 0.6 is 0 Å². The van der Waals surface area contributed by atoms with Gasteiger partial charge in [-0.2, -0.15) is 0 Å². The van der Waals surface area contributed by atoms with Crippen molar-refractivity contribution in [3.63, 3.8) is 0 Å². The average Bonchev–Trinajstić information content (AvgIpc) is 2.66. The van der Waals surface area contributed by atoms with Crippen LogP contribution in [0.25, 0.3) is 11.4 Å². The van der Waals surface area contributed by atoms with Gasteiger partial charge in [0.1, 0.15) is 6.33 Å². The Kier molecular flexibility index (Phi) is 2.45. The maximum atomic E-state index is 10.4. The second-order valence-corrected chi connectivity index (χ2v) is 3.07. The van der Waals surface area contributed by atoms with E-state index in [1.807, 2.05) is 31.3 Å². The summed E-state index contributed by atoms with van der Waals surface area (Å²) in [6, 6.07) is 7.44. The van der Waals surface area contributed by atoms with Crippen molar-refractivity contribution in [1.82, 2.24) is 14.8 Å². The molecule has 0 aliphatic carbocycles. The Morgan fingerprint density at radius 3 is 2.87 bits per heavy atom. The molecule has 2 aromatic rings. The van der Waals surface area contributed by atoms with Gasteiger partial charge in [0.05, 0.1) is 5.69 Å². The number of anilines is 1. The summed E-state index contributed by atoms with van der Waals surface area (Å²) in [4.78, 5) is 10.4. The molecule has 0 atom stereocenters. The van der Waals surface area contributed by atoms with Crippen molar-refractivity contribution in [3.05, 3.63) is 30.6 Å². The molecule has 0 aliphatic heterocycles. The van der Waals surface area contributed by atoms with Crippen molar-refractivity contribution in [1.29, 1.82) is 0 Å². The highest BCUT2D eigenvalue weighted by molar-refractivity contribution is 5.82. The lowest BCUT2D eigenvalue weighted by Gasteiger charge is -2.06. The molecule has 5 heteroatoms. The third-order valence-electron chi connectivity index (χ3n) is 2.09. The number of aryl methyl sites for hydroxylation is 1. The third kappa shape index (κ3) is 1.71. The van der Waals surface area contributed by atoms with Crippen LogP contribution in [0.15, 0.2) is 30.6 Å². The zero-order valence-electron chi connectivity index (χ0n) is 8.21. The van der Waals surface area contributed by atoms with Crippen LogP contribution in [-0.2, 0) is 11.8 Å². The predicted molar refractivity (Wildman–Crippen MR) is 56.1 cm³/mol. The highest BCUT2D eigenvalue weighted by Crippen LogP contribution is 2.24. The number of carbonyl (C=O) groups excluding carboxylic acids is 1. The molecule has 0 spiro atoms. The van der Waals surface area contributed by atoms with Crippen molar-refractivity contribution in [3.8, 4) is 11.4 Å². The van der Waals surface area contributed by atoms with E-state index >= 15 is 0 Å². The SMILES string of the molecule is Cn1cnnc1-c1ccccc1NC=O. The first kappa shape index (κ1) is 9.39. The number of carbonyl (C=O) groups is 1. The number of rotatable bonds is 3. The number of amides is 1. The first-order valence-electron chi connectivity index (χ1n) is 4.46. The van der Waals surface area contributed by atoms with E-state index in [4.69, 9.17) is 0 Å². The van der Waals surface area contributed by atoms with Gasteiger partial charge in [0.25, 0.3) is 0 Å². The molecular weight excluding hydrogens is 192 g/mol. The van der Waals surface area contributed by atoms with Crippen LogP contribution in [0.4, 0.5) is 5.69 Å². The summed E-state index contributed by atoms with van der Waals surface area (Å²) < 4.78 is 1.80. The van der Waals surface area contributed by atoms with Gasteiger partial charge in [0.15, 0.2) is 5.82 Å². The number of benzene rings is 1. The molecule has 0 radical (unpaired) electrons. The monoisotopic (exact) mass is 202 g/mol. The molecule has 0 aliphatic rings. The first-order chi connectivity index (χ1) is 7.33. The molecule has 1 heterocycles. The molecule has 0 saturated heterocycles. The highest BCUT2D eigenvalue weighted by Gasteiger charge is 2.08. The summed E-state index contributed by atoms with van der Waals surface area (Å²) in [6.45, 7) is 0. The smallest absolute Gasteiger partial charge is 0.211 e. The zero-order valence-corrected chi connectivity index (χ0v) is 8.21. The molecule has 0 fully saturated rings. The molecule has 1 N–H and O–H groups in total. The van der Waals surface area contributed by atoms with Gasteiger partial charge in [-0.3, -0.25) is 4.79 Å². The quantitative estimate of drug-likeness (QED) is 0.757. The Hall–Kier alpha value is -2.17. The molecule has 0 bridgehead atoms. The normalized spacial score (nSPS) is 9.93. The van der Waals surface area contributed by atoms with Crippen molar-refractivity contribution in [2.45, 2.75) is 0 Å². The van der Waals surface area contributed by atoms with Crippen molar-refractivity contribution >= 4 is 12.1 Å². The molecule has 1 amide bonds. The summed E-state index contributed by atoms with van der Waals surface area (Å²) in [5.74, 6) is 0.722. The van der Waals surface area contributed by atoms with Crippen LogP contribution in [0, 0.1) is 0 Å². The Labute approximate surface area is 86.8 Å². The standard InChI is InChI=1S/C10H10N4O/c1-14-6-12-13-10(14)8-4-2-3-5-9(8)11-7-15/h2-7H,1H3,(H,11,15). The van der Waals surface area contributed by atoms with Crippen molar-refractivity contribution in [2.24, 2.45) is 7.05 Å². The number of hydrogen-bond acceptors (Lipinski definition) is 3. The molecule has 1 aromatic carbocycles. The van der Waals surface area contributed by atoms with Gasteiger partial charge in [0, 0.05) is 12.6 Å². The average molecular weight is 202 g/mol. The summed E-state index contributed by atoms with van der Waals surface area (Å²) in [6.07, 6.45) is 2.27. The van der Waals surface area contributed by atoms with Gasteiger partial charge in [-0.25, -0.2) is 0 Å². The number of aromatic nitrogens is 3. The molecule has 15 heavy (non-hydrogen) atoms. The number of nitrogens with zero attached hydrogens (tertiary/aromatic N) is 3. The van der Waals surface area contributed by atoms with E-state index in [1.54, 1.807) is 10.9 Å². The van der Waals surface area contributed by atoms with Crippen molar-refractivity contribution in [2.75, 3.05) is 5.32 Å². The van der Waals surface area contributed by atoms with Gasteiger partial charge >= 0.3 is 0 Å². The maximum absolute atomic E-state index is 10.4. The van der Waals surface area contributed by atoms with Crippen LogP contribution in [0.1, 0.15) is 0 Å². The molecule has 76 valence electrons. The largest absolute Gasteiger partial charge is 0.328 e. The van der Waals surface area contributed by atoms with E-state index in [0.29, 0.717) is 6.41 Å². The second kappa shape index (κ2) is 3.91. The van der Waals surface area contributed by atoms with Crippen LogP contribution in [0.5, 0.6) is 0 Å². The van der Waals surface area contributed by atoms with Gasteiger partial charge in [-0.15, -0.1) is 10.2 Å². The van der Waals surface area contributed by atoms with Gasteiger partial charge in [0.2, 0.25) is 6.41 Å². The first-order valence-corrected chi connectivity index (χ1v) is 4.46. The summed E-state index contributed by atoms with van der Waals surface area (Å²) in [5, 5.41) is 10.4. The minimum Gasteiger partial charge on any atom is -0.328 e. The van der Waals surface area contributed by atoms with Gasteiger partial charge < -0.3 is 9.88 Å². The molecule has 5 nitrogen and oxygen atoms in total. The van der Waals surface area contributed by atoms with Crippen LogP contribution in [0.2, 0.25) is 0 Å². The molecule has 0 saturated carbocycles. The second-order valence-electron chi connectivity index (χ2n) is 3.07. The van der Waals surface area contributed by atoms with E-state index in [0.717, 1.165) is 17.1 Å². The minimum atomic E-state index is 0.648. The number of hydrogen-bond donors (Lipinski definition) is 1. The van der Waals surface area contributed by atoms with Crippen LogP contribution in [0.3, 0.4) is 0 Å². The summed E-state index contributed by atoms with van der Waals surface area (Å²) in [5.41, 5.74) is 1.58. The van der Waals surface area contributed by atoms with E-state index < -0.39 is 0 Å². The summed E-state index contributed by atoms with van der Waals surface area (Å²) >= 11 is 0. The van der Waals surface area contributed by atoms with Crippen LogP contribution < -0.4 is 5.32 Å². The van der Waals surface area contributed by atoms with E-state index in [1.165, 1.54) is 0 Å². The fourth-order valence-electron chi connectivity index (χ4n) is 1.39. The Bertz CT molecular complexity index is 478. The predicted octanol–water partition coefficient (Wildman–Crippen LogP) is 1.05. The molecule has 2 rings (SSSR count).